The first-order valence-electron chi connectivity index (χ1n) is 7.68. The molecule has 23 heavy (non-hydrogen) atoms. The van der Waals surface area contributed by atoms with E-state index in [9.17, 15) is 4.79 Å². The topological polar surface area (TPSA) is 87.6 Å². The van der Waals surface area contributed by atoms with Gasteiger partial charge in [0.25, 0.3) is 0 Å². The number of para-hydroxylation sites is 1. The Morgan fingerprint density at radius 2 is 1.61 bits per heavy atom. The lowest BCUT2D eigenvalue weighted by Crippen LogP contribution is -2.17. The lowest BCUT2D eigenvalue weighted by atomic mass is 10.0. The van der Waals surface area contributed by atoms with Crippen LogP contribution in [0.1, 0.15) is 30.9 Å². The van der Waals surface area contributed by atoms with E-state index < -0.39 is 6.09 Å². The Bertz CT molecular complexity index is 599. The van der Waals surface area contributed by atoms with Crippen LogP contribution in [-0.2, 0) is 4.74 Å². The van der Waals surface area contributed by atoms with Crippen LogP contribution in [0.25, 0.3) is 0 Å². The van der Waals surface area contributed by atoms with E-state index in [4.69, 9.17) is 20.9 Å². The molecule has 0 aliphatic heterocycles. The molecular weight excluding hydrogens is 292 g/mol. The van der Waals surface area contributed by atoms with Crippen LogP contribution in [0.4, 0.5) is 4.79 Å². The Morgan fingerprint density at radius 3 is 2.22 bits per heavy atom. The van der Waals surface area contributed by atoms with E-state index in [1.54, 1.807) is 0 Å². The average Bonchev–Trinajstić information content (AvgIpc) is 2.55. The number of benzene rings is 2. The monoisotopic (exact) mass is 314 g/mol. The minimum Gasteiger partial charge on any atom is -0.457 e. The fourth-order valence-electron chi connectivity index (χ4n) is 2.28. The van der Waals surface area contributed by atoms with Gasteiger partial charge < -0.3 is 20.9 Å². The third-order valence-corrected chi connectivity index (χ3v) is 3.41. The Kier molecular flexibility index (Phi) is 6.44. The summed E-state index contributed by atoms with van der Waals surface area (Å²) in [6, 6.07) is 17.0. The first-order chi connectivity index (χ1) is 11.2. The van der Waals surface area contributed by atoms with Crippen molar-refractivity contribution in [2.24, 2.45) is 11.5 Å². The first kappa shape index (κ1) is 16.8. The summed E-state index contributed by atoms with van der Waals surface area (Å²) in [5.41, 5.74) is 11.5. The SMILES string of the molecule is NCCCCC(OC(N)=O)c1ccc(Oc2ccccc2)cc1. The smallest absolute Gasteiger partial charge is 0.405 e. The lowest BCUT2D eigenvalue weighted by Gasteiger charge is -2.17. The highest BCUT2D eigenvalue weighted by atomic mass is 16.6. The molecule has 5 heteroatoms. The van der Waals surface area contributed by atoms with E-state index in [0.29, 0.717) is 13.0 Å². The molecule has 0 aliphatic carbocycles. The van der Waals surface area contributed by atoms with Gasteiger partial charge in [0.2, 0.25) is 0 Å². The van der Waals surface area contributed by atoms with Crippen molar-refractivity contribution in [3.8, 4) is 11.5 Å². The predicted octanol–water partition coefficient (Wildman–Crippen LogP) is 3.74. The van der Waals surface area contributed by atoms with E-state index in [2.05, 4.69) is 0 Å². The normalized spacial score (nSPS) is 11.7. The van der Waals surface area contributed by atoms with Gasteiger partial charge in [-0.3, -0.25) is 0 Å². The van der Waals surface area contributed by atoms with Crippen molar-refractivity contribution in [3.05, 3.63) is 60.2 Å². The molecule has 0 aromatic heterocycles. The molecule has 0 heterocycles. The number of unbranched alkanes of at least 4 members (excludes halogenated alkanes) is 1. The van der Waals surface area contributed by atoms with Gasteiger partial charge in [0.05, 0.1) is 0 Å². The van der Waals surface area contributed by atoms with Gasteiger partial charge in [0, 0.05) is 0 Å². The van der Waals surface area contributed by atoms with Crippen LogP contribution in [0.3, 0.4) is 0 Å². The van der Waals surface area contributed by atoms with Crippen LogP contribution in [-0.4, -0.2) is 12.6 Å². The predicted molar refractivity (Wildman–Crippen MR) is 89.3 cm³/mol. The highest BCUT2D eigenvalue weighted by Gasteiger charge is 2.15. The number of amides is 1. The maximum absolute atomic E-state index is 11.1. The first-order valence-corrected chi connectivity index (χ1v) is 7.68. The highest BCUT2D eigenvalue weighted by Crippen LogP contribution is 2.27. The molecule has 2 aromatic rings. The largest absolute Gasteiger partial charge is 0.457 e. The number of carbonyl (C=O) groups excluding carboxylic acids is 1. The second kappa shape index (κ2) is 8.80. The van der Waals surface area contributed by atoms with Gasteiger partial charge in [-0.05, 0) is 55.6 Å². The number of rotatable bonds is 8. The number of nitrogens with two attached hydrogens (primary N) is 2. The molecule has 1 atom stereocenters. The maximum atomic E-state index is 11.1. The molecule has 0 saturated heterocycles. The molecule has 5 nitrogen and oxygen atoms in total. The van der Waals surface area contributed by atoms with Crippen molar-refractivity contribution in [2.45, 2.75) is 25.4 Å². The fourth-order valence-corrected chi connectivity index (χ4v) is 2.28. The second-order valence-corrected chi connectivity index (χ2v) is 5.19. The van der Waals surface area contributed by atoms with Crippen molar-refractivity contribution in [1.82, 2.24) is 0 Å². The van der Waals surface area contributed by atoms with Gasteiger partial charge >= 0.3 is 6.09 Å². The summed E-state index contributed by atoms with van der Waals surface area (Å²) in [7, 11) is 0. The Hall–Kier alpha value is -2.53. The zero-order valence-corrected chi connectivity index (χ0v) is 13.0. The molecule has 0 bridgehead atoms. The molecule has 122 valence electrons. The molecule has 2 aromatic carbocycles. The molecule has 1 amide bonds. The minimum absolute atomic E-state index is 0.357. The number of hydrogen-bond acceptors (Lipinski definition) is 4. The van der Waals surface area contributed by atoms with Gasteiger partial charge in [0.1, 0.15) is 17.6 Å². The molecule has 0 saturated carbocycles. The number of hydrogen-bond donors (Lipinski definition) is 2. The van der Waals surface area contributed by atoms with E-state index in [1.807, 2.05) is 54.6 Å². The highest BCUT2D eigenvalue weighted by molar-refractivity contribution is 5.65. The van der Waals surface area contributed by atoms with Gasteiger partial charge in [-0.2, -0.15) is 0 Å². The molecule has 0 radical (unpaired) electrons. The van der Waals surface area contributed by atoms with Gasteiger partial charge in [-0.25, -0.2) is 4.79 Å². The van der Waals surface area contributed by atoms with Crippen LogP contribution in [0, 0.1) is 0 Å². The van der Waals surface area contributed by atoms with Crippen LogP contribution < -0.4 is 16.2 Å². The van der Waals surface area contributed by atoms with Crippen LogP contribution in [0.5, 0.6) is 11.5 Å². The molecular formula is C18H22N2O3. The zero-order chi connectivity index (χ0) is 16.5. The molecule has 1 unspecified atom stereocenters. The lowest BCUT2D eigenvalue weighted by molar-refractivity contribution is 0.0996. The molecule has 0 aliphatic rings. The summed E-state index contributed by atoms with van der Waals surface area (Å²) in [4.78, 5) is 11.1. The van der Waals surface area contributed by atoms with E-state index in [0.717, 1.165) is 29.9 Å². The molecule has 0 fully saturated rings. The summed E-state index contributed by atoms with van der Waals surface area (Å²) in [5, 5.41) is 0. The summed E-state index contributed by atoms with van der Waals surface area (Å²) >= 11 is 0. The standard InChI is InChI=1S/C18H22N2O3/c19-13-5-4-8-17(23-18(20)21)14-9-11-16(12-10-14)22-15-6-2-1-3-7-15/h1-3,6-7,9-12,17H,4-5,8,13,19H2,(H2,20,21). The fraction of sp³-hybridized carbons (Fsp3) is 0.278. The summed E-state index contributed by atoms with van der Waals surface area (Å²) < 4.78 is 10.9. The third-order valence-electron chi connectivity index (χ3n) is 3.41. The van der Waals surface area contributed by atoms with Crippen LogP contribution >= 0.6 is 0 Å². The van der Waals surface area contributed by atoms with E-state index in [-0.39, 0.29) is 6.10 Å². The summed E-state index contributed by atoms with van der Waals surface area (Å²) in [5.74, 6) is 1.49. The van der Waals surface area contributed by atoms with E-state index in [1.165, 1.54) is 0 Å². The average molecular weight is 314 g/mol. The van der Waals surface area contributed by atoms with Crippen LogP contribution in [0.2, 0.25) is 0 Å². The molecule has 4 N–H and O–H groups in total. The Morgan fingerprint density at radius 1 is 0.957 bits per heavy atom. The second-order valence-electron chi connectivity index (χ2n) is 5.19. The Balaban J connectivity index is 2.03. The van der Waals surface area contributed by atoms with Crippen LogP contribution in [0.15, 0.2) is 54.6 Å². The Labute approximate surface area is 136 Å². The summed E-state index contributed by atoms with van der Waals surface area (Å²) in [6.07, 6.45) is 1.32. The van der Waals surface area contributed by atoms with E-state index >= 15 is 0 Å². The van der Waals surface area contributed by atoms with Crippen molar-refractivity contribution in [2.75, 3.05) is 6.54 Å². The molecule has 0 spiro atoms. The van der Waals surface area contributed by atoms with Crippen molar-refractivity contribution >= 4 is 6.09 Å². The minimum atomic E-state index is -0.771. The van der Waals surface area contributed by atoms with Crippen molar-refractivity contribution in [3.63, 3.8) is 0 Å². The number of ether oxygens (including phenoxy) is 2. The quantitative estimate of drug-likeness (QED) is 0.726. The van der Waals surface area contributed by atoms with Crippen molar-refractivity contribution < 1.29 is 14.3 Å². The van der Waals surface area contributed by atoms with Gasteiger partial charge in [-0.1, -0.05) is 30.3 Å². The molecule has 2 rings (SSSR count). The number of primary amides is 1. The van der Waals surface area contributed by atoms with Gasteiger partial charge in [0.15, 0.2) is 0 Å². The zero-order valence-electron chi connectivity index (χ0n) is 13.0. The summed E-state index contributed by atoms with van der Waals surface area (Å²) in [6.45, 7) is 0.618. The third kappa shape index (κ3) is 5.64. The number of carbonyl (C=O) groups is 1. The van der Waals surface area contributed by atoms with Gasteiger partial charge in [-0.15, -0.1) is 0 Å². The van der Waals surface area contributed by atoms with Crippen molar-refractivity contribution in [1.29, 1.82) is 0 Å². The maximum Gasteiger partial charge on any atom is 0.405 e.